The molecule has 0 bridgehead atoms. The smallest absolute Gasteiger partial charge is 0.255 e. The minimum absolute atomic E-state index is 0.0190. The summed E-state index contributed by atoms with van der Waals surface area (Å²) in [5, 5.41) is 9.05. The fourth-order valence-electron chi connectivity index (χ4n) is 3.59. The van der Waals surface area contributed by atoms with Gasteiger partial charge in [-0.2, -0.15) is 0 Å². The zero-order valence-electron chi connectivity index (χ0n) is 13.5. The molecule has 2 aromatic rings. The van der Waals surface area contributed by atoms with E-state index in [1.165, 1.54) is 0 Å². The first kappa shape index (κ1) is 16.1. The Kier molecular flexibility index (Phi) is 3.95. The molecule has 1 aromatic carbocycles. The molecule has 7 heteroatoms. The number of amides is 2. The van der Waals surface area contributed by atoms with Gasteiger partial charge in [0, 0.05) is 34.4 Å². The van der Waals surface area contributed by atoms with Crippen molar-refractivity contribution < 1.29 is 9.59 Å². The number of hydrogen-bond donors (Lipinski definition) is 3. The van der Waals surface area contributed by atoms with Crippen LogP contribution >= 0.6 is 15.9 Å². The number of pyridine rings is 1. The molecule has 3 unspecified atom stereocenters. The molecule has 6 nitrogen and oxygen atoms in total. The standard InChI is InChI=1S/C18H17BrN4O2/c1-9-6-21-18(25)16-15(9)13-4-10(2-3-14(13)23-16)17(24)22-12-5-11(19)7-20-8-12/h2-5,7-9,15-16,23H,6H2,1H3,(H,21,25)(H,22,24). The Morgan fingerprint density at radius 3 is 2.96 bits per heavy atom. The number of nitrogens with zero attached hydrogens (tertiary/aromatic N) is 1. The minimum atomic E-state index is -0.258. The molecule has 2 amide bonds. The van der Waals surface area contributed by atoms with Crippen molar-refractivity contribution in [3.05, 3.63) is 52.3 Å². The molecule has 0 saturated carbocycles. The summed E-state index contributed by atoms with van der Waals surface area (Å²) in [5.74, 6) is 0.220. The molecule has 1 saturated heterocycles. The number of carbonyl (C=O) groups is 2. The zero-order chi connectivity index (χ0) is 17.6. The lowest BCUT2D eigenvalue weighted by Gasteiger charge is -2.31. The molecule has 2 aliphatic rings. The second-order valence-corrected chi connectivity index (χ2v) is 7.43. The number of piperidine rings is 1. The monoisotopic (exact) mass is 400 g/mol. The lowest BCUT2D eigenvalue weighted by atomic mass is 9.80. The van der Waals surface area contributed by atoms with Crippen LogP contribution < -0.4 is 16.0 Å². The molecule has 3 atom stereocenters. The predicted molar refractivity (Wildman–Crippen MR) is 98.7 cm³/mol. The van der Waals surface area contributed by atoms with Crippen LogP contribution in [-0.4, -0.2) is 29.4 Å². The van der Waals surface area contributed by atoms with Crippen molar-refractivity contribution in [2.24, 2.45) is 5.92 Å². The molecule has 1 aromatic heterocycles. The SMILES string of the molecule is CC1CNC(=O)C2Nc3ccc(C(=O)Nc4cncc(Br)c4)cc3C12. The fraction of sp³-hybridized carbons (Fsp3) is 0.278. The number of carbonyl (C=O) groups excluding carboxylic acids is 2. The number of aromatic nitrogens is 1. The van der Waals surface area contributed by atoms with E-state index >= 15 is 0 Å². The molecule has 0 aliphatic carbocycles. The Balaban J connectivity index is 1.62. The van der Waals surface area contributed by atoms with Crippen LogP contribution in [0.15, 0.2) is 41.1 Å². The van der Waals surface area contributed by atoms with Crippen LogP contribution in [0.25, 0.3) is 0 Å². The van der Waals surface area contributed by atoms with E-state index in [0.29, 0.717) is 23.7 Å². The number of benzene rings is 1. The van der Waals surface area contributed by atoms with Gasteiger partial charge in [0.15, 0.2) is 0 Å². The van der Waals surface area contributed by atoms with E-state index in [1.807, 2.05) is 12.1 Å². The zero-order valence-corrected chi connectivity index (χ0v) is 15.1. The molecule has 0 spiro atoms. The van der Waals surface area contributed by atoms with Crippen LogP contribution in [0.4, 0.5) is 11.4 Å². The largest absolute Gasteiger partial charge is 0.373 e. The summed E-state index contributed by atoms with van der Waals surface area (Å²) >= 11 is 3.34. The van der Waals surface area contributed by atoms with Crippen LogP contribution in [0.3, 0.4) is 0 Å². The number of fused-ring (bicyclic) bond motifs is 3. The van der Waals surface area contributed by atoms with Crippen molar-refractivity contribution in [1.82, 2.24) is 10.3 Å². The highest BCUT2D eigenvalue weighted by Crippen LogP contribution is 2.42. The lowest BCUT2D eigenvalue weighted by molar-refractivity contribution is -0.124. The number of hydrogen-bond acceptors (Lipinski definition) is 4. The number of nitrogens with one attached hydrogen (secondary N) is 3. The van der Waals surface area contributed by atoms with Gasteiger partial charge in [-0.3, -0.25) is 14.6 Å². The quantitative estimate of drug-likeness (QED) is 0.723. The van der Waals surface area contributed by atoms with E-state index in [9.17, 15) is 9.59 Å². The van der Waals surface area contributed by atoms with Gasteiger partial charge in [0.25, 0.3) is 5.91 Å². The van der Waals surface area contributed by atoms with E-state index in [-0.39, 0.29) is 23.8 Å². The first-order valence-corrected chi connectivity index (χ1v) is 8.92. The van der Waals surface area contributed by atoms with Gasteiger partial charge in [-0.05, 0) is 51.7 Å². The third-order valence-corrected chi connectivity index (χ3v) is 5.23. The molecule has 2 aliphatic heterocycles. The number of anilines is 2. The molecule has 0 radical (unpaired) electrons. The molecule has 4 rings (SSSR count). The number of halogens is 1. The molecule has 25 heavy (non-hydrogen) atoms. The van der Waals surface area contributed by atoms with Crippen molar-refractivity contribution >= 4 is 39.1 Å². The van der Waals surface area contributed by atoms with Crippen molar-refractivity contribution in [3.63, 3.8) is 0 Å². The van der Waals surface area contributed by atoms with E-state index in [4.69, 9.17) is 0 Å². The molecular formula is C18H17BrN4O2. The van der Waals surface area contributed by atoms with Gasteiger partial charge < -0.3 is 16.0 Å². The highest BCUT2D eigenvalue weighted by Gasteiger charge is 2.43. The second-order valence-electron chi connectivity index (χ2n) is 6.52. The maximum absolute atomic E-state index is 12.6. The van der Waals surface area contributed by atoms with Crippen molar-refractivity contribution in [2.45, 2.75) is 18.9 Å². The summed E-state index contributed by atoms with van der Waals surface area (Å²) in [4.78, 5) is 28.7. The highest BCUT2D eigenvalue weighted by molar-refractivity contribution is 9.10. The van der Waals surface area contributed by atoms with Gasteiger partial charge in [0.1, 0.15) is 6.04 Å². The van der Waals surface area contributed by atoms with E-state index < -0.39 is 0 Å². The number of rotatable bonds is 2. The molecule has 128 valence electrons. The maximum Gasteiger partial charge on any atom is 0.255 e. The molecule has 3 N–H and O–H groups in total. The normalized spacial score (nSPS) is 23.9. The summed E-state index contributed by atoms with van der Waals surface area (Å²) in [7, 11) is 0. The lowest BCUT2D eigenvalue weighted by Crippen LogP contribution is -2.49. The van der Waals surface area contributed by atoms with Crippen LogP contribution in [0.5, 0.6) is 0 Å². The maximum atomic E-state index is 12.6. The van der Waals surface area contributed by atoms with Crippen LogP contribution in [0.1, 0.15) is 28.8 Å². The average molecular weight is 401 g/mol. The van der Waals surface area contributed by atoms with Gasteiger partial charge in [-0.25, -0.2) is 0 Å². The molecule has 3 heterocycles. The minimum Gasteiger partial charge on any atom is -0.373 e. The van der Waals surface area contributed by atoms with Crippen LogP contribution in [0, 0.1) is 5.92 Å². The predicted octanol–water partition coefficient (Wildman–Crippen LogP) is 2.74. The van der Waals surface area contributed by atoms with Crippen molar-refractivity contribution in [1.29, 1.82) is 0 Å². The Bertz CT molecular complexity index is 870. The average Bonchev–Trinajstić information content (AvgIpc) is 2.98. The first-order valence-electron chi connectivity index (χ1n) is 8.13. The van der Waals surface area contributed by atoms with Crippen LogP contribution in [-0.2, 0) is 4.79 Å². The van der Waals surface area contributed by atoms with Crippen LogP contribution in [0.2, 0.25) is 0 Å². The Morgan fingerprint density at radius 2 is 2.16 bits per heavy atom. The first-order chi connectivity index (χ1) is 12.0. The Labute approximate surface area is 153 Å². The Hall–Kier alpha value is -2.41. The summed E-state index contributed by atoms with van der Waals surface area (Å²) in [6, 6.07) is 7.08. The summed E-state index contributed by atoms with van der Waals surface area (Å²) in [5.41, 5.74) is 3.16. The third-order valence-electron chi connectivity index (χ3n) is 4.80. The summed E-state index contributed by atoms with van der Waals surface area (Å²) in [6.07, 6.45) is 3.26. The van der Waals surface area contributed by atoms with Crippen molar-refractivity contribution in [3.8, 4) is 0 Å². The van der Waals surface area contributed by atoms with E-state index in [0.717, 1.165) is 15.7 Å². The third kappa shape index (κ3) is 2.89. The summed E-state index contributed by atoms with van der Waals surface area (Å²) < 4.78 is 0.799. The van der Waals surface area contributed by atoms with Gasteiger partial charge in [-0.1, -0.05) is 6.92 Å². The van der Waals surface area contributed by atoms with Gasteiger partial charge in [0.2, 0.25) is 5.91 Å². The van der Waals surface area contributed by atoms with Gasteiger partial charge in [0.05, 0.1) is 11.9 Å². The van der Waals surface area contributed by atoms with Crippen molar-refractivity contribution in [2.75, 3.05) is 17.2 Å². The topological polar surface area (TPSA) is 83.1 Å². The fourth-order valence-corrected chi connectivity index (χ4v) is 3.96. The Morgan fingerprint density at radius 1 is 1.32 bits per heavy atom. The molecule has 1 fully saturated rings. The summed E-state index contributed by atoms with van der Waals surface area (Å²) in [6.45, 7) is 2.77. The van der Waals surface area contributed by atoms with Gasteiger partial charge >= 0.3 is 0 Å². The van der Waals surface area contributed by atoms with E-state index in [1.54, 1.807) is 24.5 Å². The highest BCUT2D eigenvalue weighted by atomic mass is 79.9. The molecular weight excluding hydrogens is 384 g/mol. The second kappa shape index (κ2) is 6.15. The van der Waals surface area contributed by atoms with Gasteiger partial charge in [-0.15, -0.1) is 0 Å². The van der Waals surface area contributed by atoms with E-state index in [2.05, 4.69) is 43.8 Å².